The van der Waals surface area contributed by atoms with Crippen molar-refractivity contribution in [2.24, 2.45) is 0 Å². The Labute approximate surface area is 159 Å². The fourth-order valence-corrected chi connectivity index (χ4v) is 3.42. The highest BCUT2D eigenvalue weighted by Gasteiger charge is 2.25. The number of benzene rings is 1. The quantitative estimate of drug-likeness (QED) is 0.861. The van der Waals surface area contributed by atoms with Crippen LogP contribution in [0.1, 0.15) is 22.5 Å². The summed E-state index contributed by atoms with van der Waals surface area (Å²) in [6, 6.07) is 7.93. The van der Waals surface area contributed by atoms with Gasteiger partial charge in [-0.3, -0.25) is 4.79 Å². The Morgan fingerprint density at radius 2 is 2.07 bits per heavy atom. The van der Waals surface area contributed by atoms with E-state index in [1.807, 2.05) is 43.0 Å². The lowest BCUT2D eigenvalue weighted by Gasteiger charge is -2.33. The molecule has 2 N–H and O–H groups in total. The van der Waals surface area contributed by atoms with Crippen molar-refractivity contribution in [3.63, 3.8) is 0 Å². The van der Waals surface area contributed by atoms with Gasteiger partial charge in [0.15, 0.2) is 0 Å². The number of carbonyl (C=O) groups is 1. The van der Waals surface area contributed by atoms with Crippen molar-refractivity contribution in [3.8, 4) is 5.75 Å². The fraction of sp³-hybridized carbons (Fsp3) is 0.450. The van der Waals surface area contributed by atoms with Gasteiger partial charge in [0.2, 0.25) is 11.9 Å². The second-order valence-electron chi connectivity index (χ2n) is 6.80. The van der Waals surface area contributed by atoms with E-state index in [4.69, 9.17) is 15.2 Å². The topological polar surface area (TPSA) is 90.6 Å². The number of rotatable bonds is 5. The van der Waals surface area contributed by atoms with E-state index in [1.54, 1.807) is 7.11 Å². The van der Waals surface area contributed by atoms with Gasteiger partial charge in [0.25, 0.3) is 0 Å². The maximum Gasteiger partial charge on any atom is 0.227 e. The van der Waals surface area contributed by atoms with Crippen LogP contribution in [0.3, 0.4) is 0 Å². The number of hydrogen-bond donors (Lipinski definition) is 1. The monoisotopic (exact) mass is 370 g/mol. The lowest BCUT2D eigenvalue weighted by molar-refractivity contribution is -0.138. The first-order chi connectivity index (χ1) is 13.0. The Hall–Kier alpha value is -2.67. The molecular weight excluding hydrogens is 344 g/mol. The molecule has 0 saturated carbocycles. The summed E-state index contributed by atoms with van der Waals surface area (Å²) in [4.78, 5) is 23.0. The van der Waals surface area contributed by atoms with Gasteiger partial charge in [0, 0.05) is 36.5 Å². The molecule has 7 nitrogen and oxygen atoms in total. The highest BCUT2D eigenvalue weighted by atomic mass is 16.5. The molecule has 1 aliphatic heterocycles. The highest BCUT2D eigenvalue weighted by Crippen LogP contribution is 2.18. The van der Waals surface area contributed by atoms with Crippen molar-refractivity contribution in [2.45, 2.75) is 32.8 Å². The molecule has 1 saturated heterocycles. The van der Waals surface area contributed by atoms with Gasteiger partial charge in [-0.1, -0.05) is 12.1 Å². The summed E-state index contributed by atoms with van der Waals surface area (Å²) in [5.41, 5.74) is 9.17. The standard InChI is InChI=1S/C20H26N4O3/c1-13-18(14(2)23-20(21)22-13)11-19(25)24-7-8-27-17(12-24)10-15-5-4-6-16(9-15)26-3/h4-6,9,17H,7-8,10-12H2,1-3H3,(H2,21,22,23). The van der Waals surface area contributed by atoms with E-state index < -0.39 is 0 Å². The molecule has 1 fully saturated rings. The van der Waals surface area contributed by atoms with E-state index in [-0.39, 0.29) is 24.4 Å². The second kappa shape index (κ2) is 8.35. The van der Waals surface area contributed by atoms with Crippen molar-refractivity contribution in [1.82, 2.24) is 14.9 Å². The molecule has 27 heavy (non-hydrogen) atoms. The first kappa shape index (κ1) is 19.1. The Balaban J connectivity index is 1.64. The van der Waals surface area contributed by atoms with Crippen LogP contribution in [0.2, 0.25) is 0 Å². The van der Waals surface area contributed by atoms with Gasteiger partial charge >= 0.3 is 0 Å². The predicted octanol–water partition coefficient (Wildman–Crippen LogP) is 1.70. The number of hydrogen-bond acceptors (Lipinski definition) is 6. The number of anilines is 1. The zero-order chi connectivity index (χ0) is 19.4. The Bertz CT molecular complexity index is 802. The molecule has 1 aromatic heterocycles. The van der Waals surface area contributed by atoms with Crippen molar-refractivity contribution < 1.29 is 14.3 Å². The SMILES string of the molecule is COc1cccc(CC2CN(C(=O)Cc3c(C)nc(N)nc3C)CCO2)c1. The first-order valence-corrected chi connectivity index (χ1v) is 9.08. The summed E-state index contributed by atoms with van der Waals surface area (Å²) < 4.78 is 11.1. The van der Waals surface area contributed by atoms with Gasteiger partial charge in [0.1, 0.15) is 5.75 Å². The van der Waals surface area contributed by atoms with Crippen molar-refractivity contribution >= 4 is 11.9 Å². The minimum absolute atomic E-state index is 0.0281. The number of morpholine rings is 1. The van der Waals surface area contributed by atoms with Crippen LogP contribution in [0.4, 0.5) is 5.95 Å². The highest BCUT2D eigenvalue weighted by molar-refractivity contribution is 5.79. The molecule has 3 rings (SSSR count). The van der Waals surface area contributed by atoms with Gasteiger partial charge in [-0.25, -0.2) is 9.97 Å². The van der Waals surface area contributed by atoms with Gasteiger partial charge in [0.05, 0.1) is 26.2 Å². The summed E-state index contributed by atoms with van der Waals surface area (Å²) in [6.45, 7) is 5.43. The molecule has 1 aromatic carbocycles. The van der Waals surface area contributed by atoms with Gasteiger partial charge < -0.3 is 20.1 Å². The molecule has 1 atom stereocenters. The summed E-state index contributed by atoms with van der Waals surface area (Å²) in [5.74, 6) is 1.13. The number of nitrogens with two attached hydrogens (primary N) is 1. The molecule has 1 amide bonds. The number of ether oxygens (including phenoxy) is 2. The summed E-state index contributed by atoms with van der Waals surface area (Å²) in [5, 5.41) is 0. The number of nitrogen functional groups attached to an aromatic ring is 1. The van der Waals surface area contributed by atoms with Crippen molar-refractivity contribution in [1.29, 1.82) is 0 Å². The van der Waals surface area contributed by atoms with Gasteiger partial charge in [-0.2, -0.15) is 0 Å². The van der Waals surface area contributed by atoms with Crippen molar-refractivity contribution in [2.75, 3.05) is 32.5 Å². The third-order valence-corrected chi connectivity index (χ3v) is 4.85. The minimum Gasteiger partial charge on any atom is -0.497 e. The third-order valence-electron chi connectivity index (χ3n) is 4.85. The normalized spacial score (nSPS) is 17.0. The number of carbonyl (C=O) groups excluding carboxylic acids is 1. The number of amides is 1. The maximum atomic E-state index is 12.8. The molecule has 0 aliphatic carbocycles. The maximum absolute atomic E-state index is 12.8. The van der Waals surface area contributed by atoms with Crippen LogP contribution < -0.4 is 10.5 Å². The van der Waals surface area contributed by atoms with Crippen LogP contribution in [-0.2, 0) is 22.4 Å². The zero-order valence-electron chi connectivity index (χ0n) is 16.1. The second-order valence-corrected chi connectivity index (χ2v) is 6.80. The zero-order valence-corrected chi connectivity index (χ0v) is 16.1. The molecule has 0 radical (unpaired) electrons. The summed E-state index contributed by atoms with van der Waals surface area (Å²) in [6.07, 6.45) is 0.994. The van der Waals surface area contributed by atoms with Crippen LogP contribution in [0.5, 0.6) is 5.75 Å². The average Bonchev–Trinajstić information content (AvgIpc) is 2.65. The summed E-state index contributed by atoms with van der Waals surface area (Å²) >= 11 is 0. The predicted molar refractivity (Wildman–Crippen MR) is 103 cm³/mol. The molecule has 1 unspecified atom stereocenters. The third kappa shape index (κ3) is 4.74. The molecule has 2 aromatic rings. The van der Waals surface area contributed by atoms with E-state index >= 15 is 0 Å². The van der Waals surface area contributed by atoms with Crippen molar-refractivity contribution in [3.05, 3.63) is 46.8 Å². The first-order valence-electron chi connectivity index (χ1n) is 9.08. The molecular formula is C20H26N4O3. The number of aryl methyl sites for hydroxylation is 2. The minimum atomic E-state index is -0.0281. The molecule has 0 bridgehead atoms. The molecule has 0 spiro atoms. The van der Waals surface area contributed by atoms with Crippen LogP contribution in [-0.4, -0.2) is 53.7 Å². The smallest absolute Gasteiger partial charge is 0.227 e. The lowest BCUT2D eigenvalue weighted by Crippen LogP contribution is -2.47. The summed E-state index contributed by atoms with van der Waals surface area (Å²) in [7, 11) is 1.65. The lowest BCUT2D eigenvalue weighted by atomic mass is 10.0. The average molecular weight is 370 g/mol. The van der Waals surface area contributed by atoms with E-state index in [1.165, 1.54) is 0 Å². The van der Waals surface area contributed by atoms with E-state index in [0.29, 0.717) is 19.7 Å². The Kier molecular flexibility index (Phi) is 5.91. The largest absolute Gasteiger partial charge is 0.497 e. The van der Waals surface area contributed by atoms with Crippen LogP contribution in [0.25, 0.3) is 0 Å². The van der Waals surface area contributed by atoms with E-state index in [2.05, 4.69) is 9.97 Å². The molecule has 144 valence electrons. The molecule has 7 heteroatoms. The van der Waals surface area contributed by atoms with Crippen LogP contribution in [0, 0.1) is 13.8 Å². The van der Waals surface area contributed by atoms with Gasteiger partial charge in [-0.15, -0.1) is 0 Å². The van der Waals surface area contributed by atoms with Crippen LogP contribution >= 0.6 is 0 Å². The fourth-order valence-electron chi connectivity index (χ4n) is 3.42. The molecule has 1 aliphatic rings. The number of nitrogens with zero attached hydrogens (tertiary/aromatic N) is 3. The number of methoxy groups -OCH3 is 1. The number of aromatic nitrogens is 2. The van der Waals surface area contributed by atoms with E-state index in [9.17, 15) is 4.79 Å². The Morgan fingerprint density at radius 1 is 1.33 bits per heavy atom. The van der Waals surface area contributed by atoms with Crippen LogP contribution in [0.15, 0.2) is 24.3 Å². The molecule has 2 heterocycles. The van der Waals surface area contributed by atoms with Gasteiger partial charge in [-0.05, 0) is 31.5 Å². The Morgan fingerprint density at radius 3 is 2.78 bits per heavy atom. The van der Waals surface area contributed by atoms with E-state index in [0.717, 1.165) is 34.7 Å².